The largest absolute Gasteiger partial charge is 0.378 e. The zero-order valence-electron chi connectivity index (χ0n) is 8.25. The molecule has 1 aromatic heterocycles. The summed E-state index contributed by atoms with van der Waals surface area (Å²) in [5.41, 5.74) is 2.21. The molecule has 1 aromatic carbocycles. The maximum atomic E-state index is 6.11. The predicted octanol–water partition coefficient (Wildman–Crippen LogP) is 2.98. The number of methoxy groups -OCH3 is 1. The molecule has 14 heavy (non-hydrogen) atoms. The number of hydrogen-bond acceptors (Lipinski definition) is 1. The average Bonchev–Trinajstić information content (AvgIpc) is 2.46. The maximum absolute atomic E-state index is 6.11. The number of aryl methyl sites for hydroxylation is 1. The third-order valence-electron chi connectivity index (χ3n) is 2.40. The summed E-state index contributed by atoms with van der Waals surface area (Å²) in [6.45, 7) is 0.613. The van der Waals surface area contributed by atoms with Gasteiger partial charge in [0.05, 0.1) is 17.1 Å². The van der Waals surface area contributed by atoms with Crippen molar-refractivity contribution in [2.24, 2.45) is 7.05 Å². The van der Waals surface area contributed by atoms with E-state index in [1.54, 1.807) is 7.11 Å². The van der Waals surface area contributed by atoms with Crippen molar-refractivity contribution in [1.82, 2.24) is 4.57 Å². The van der Waals surface area contributed by atoms with E-state index in [0.29, 0.717) is 6.61 Å². The molecule has 0 aliphatic heterocycles. The van der Waals surface area contributed by atoms with Gasteiger partial charge in [-0.3, -0.25) is 0 Å². The molecule has 0 spiro atoms. The van der Waals surface area contributed by atoms with Gasteiger partial charge < -0.3 is 9.30 Å². The number of ether oxygens (including phenoxy) is 1. The Labute approximate surface area is 88.0 Å². The molecule has 2 nitrogen and oxygen atoms in total. The van der Waals surface area contributed by atoms with Crippen molar-refractivity contribution in [3.05, 3.63) is 35.0 Å². The molecular weight excluding hydrogens is 198 g/mol. The highest BCUT2D eigenvalue weighted by molar-refractivity contribution is 6.35. The monoisotopic (exact) mass is 209 g/mol. The van der Waals surface area contributed by atoms with Gasteiger partial charge in [-0.05, 0) is 12.1 Å². The van der Waals surface area contributed by atoms with Crippen molar-refractivity contribution >= 4 is 22.5 Å². The predicted molar refractivity (Wildman–Crippen MR) is 58.6 cm³/mol. The van der Waals surface area contributed by atoms with E-state index in [9.17, 15) is 0 Å². The molecule has 3 heteroatoms. The van der Waals surface area contributed by atoms with Crippen LogP contribution in [0.1, 0.15) is 5.69 Å². The number of nitrogens with zero attached hydrogens (tertiary/aromatic N) is 1. The summed E-state index contributed by atoms with van der Waals surface area (Å²) in [5, 5.41) is 1.94. The molecule has 1 heterocycles. The second-order valence-electron chi connectivity index (χ2n) is 3.31. The number of para-hydroxylation sites is 1. The molecule has 0 atom stereocenters. The SMILES string of the molecule is COCc1cc2cccc(Cl)c2n1C. The molecule has 0 aliphatic carbocycles. The first-order valence-corrected chi connectivity index (χ1v) is 4.83. The van der Waals surface area contributed by atoms with E-state index in [4.69, 9.17) is 16.3 Å². The van der Waals surface area contributed by atoms with Crippen molar-refractivity contribution in [2.45, 2.75) is 6.61 Å². The molecule has 0 unspecified atom stereocenters. The van der Waals surface area contributed by atoms with E-state index in [1.807, 2.05) is 19.2 Å². The Morgan fingerprint density at radius 3 is 2.86 bits per heavy atom. The first kappa shape index (κ1) is 9.56. The second-order valence-corrected chi connectivity index (χ2v) is 3.71. The molecule has 2 aromatic rings. The Hall–Kier alpha value is -0.990. The highest BCUT2D eigenvalue weighted by atomic mass is 35.5. The molecule has 2 rings (SSSR count). The summed E-state index contributed by atoms with van der Waals surface area (Å²) in [7, 11) is 3.70. The summed E-state index contributed by atoms with van der Waals surface area (Å²) >= 11 is 6.11. The van der Waals surface area contributed by atoms with E-state index < -0.39 is 0 Å². The van der Waals surface area contributed by atoms with Gasteiger partial charge >= 0.3 is 0 Å². The van der Waals surface area contributed by atoms with Crippen molar-refractivity contribution in [1.29, 1.82) is 0 Å². The third-order valence-corrected chi connectivity index (χ3v) is 2.70. The van der Waals surface area contributed by atoms with E-state index in [-0.39, 0.29) is 0 Å². The fraction of sp³-hybridized carbons (Fsp3) is 0.273. The van der Waals surface area contributed by atoms with E-state index in [2.05, 4.69) is 16.7 Å². The van der Waals surface area contributed by atoms with Gasteiger partial charge in [-0.15, -0.1) is 0 Å². The van der Waals surface area contributed by atoms with Gasteiger partial charge in [-0.1, -0.05) is 23.7 Å². The van der Waals surface area contributed by atoms with Gasteiger partial charge in [-0.2, -0.15) is 0 Å². The molecule has 0 saturated heterocycles. The highest BCUT2D eigenvalue weighted by Crippen LogP contribution is 2.26. The minimum atomic E-state index is 0.613. The number of rotatable bonds is 2. The first-order valence-electron chi connectivity index (χ1n) is 4.46. The number of halogens is 1. The number of benzene rings is 1. The minimum Gasteiger partial charge on any atom is -0.378 e. The summed E-state index contributed by atoms with van der Waals surface area (Å²) in [4.78, 5) is 0. The van der Waals surface area contributed by atoms with Gasteiger partial charge in [-0.25, -0.2) is 0 Å². The van der Waals surface area contributed by atoms with E-state index in [1.165, 1.54) is 0 Å². The molecule has 0 radical (unpaired) electrons. The number of hydrogen-bond donors (Lipinski definition) is 0. The minimum absolute atomic E-state index is 0.613. The van der Waals surface area contributed by atoms with E-state index >= 15 is 0 Å². The molecule has 0 saturated carbocycles. The lowest BCUT2D eigenvalue weighted by Crippen LogP contribution is -1.97. The van der Waals surface area contributed by atoms with Crippen LogP contribution >= 0.6 is 11.6 Å². The summed E-state index contributed by atoms with van der Waals surface area (Å²) in [6.07, 6.45) is 0. The number of fused-ring (bicyclic) bond motifs is 1. The van der Waals surface area contributed by atoms with Crippen LogP contribution < -0.4 is 0 Å². The molecular formula is C11H12ClNO. The van der Waals surface area contributed by atoms with Gasteiger partial charge in [0.25, 0.3) is 0 Å². The third kappa shape index (κ3) is 1.41. The van der Waals surface area contributed by atoms with Crippen LogP contribution in [-0.4, -0.2) is 11.7 Å². The Balaban J connectivity index is 2.68. The smallest absolute Gasteiger partial charge is 0.0864 e. The van der Waals surface area contributed by atoms with Crippen LogP contribution in [0.5, 0.6) is 0 Å². The van der Waals surface area contributed by atoms with Crippen LogP contribution in [0.15, 0.2) is 24.3 Å². The van der Waals surface area contributed by atoms with Crippen molar-refractivity contribution < 1.29 is 4.74 Å². The summed E-state index contributed by atoms with van der Waals surface area (Å²) in [5.74, 6) is 0. The topological polar surface area (TPSA) is 14.2 Å². The van der Waals surface area contributed by atoms with Crippen molar-refractivity contribution in [3.63, 3.8) is 0 Å². The molecule has 0 N–H and O–H groups in total. The number of aromatic nitrogens is 1. The standard InChI is InChI=1S/C11H12ClNO/c1-13-9(7-14-2)6-8-4-3-5-10(12)11(8)13/h3-6H,7H2,1-2H3. The molecule has 0 aliphatic rings. The maximum Gasteiger partial charge on any atom is 0.0864 e. The lowest BCUT2D eigenvalue weighted by molar-refractivity contribution is 0.179. The highest BCUT2D eigenvalue weighted by Gasteiger charge is 2.07. The molecule has 0 bridgehead atoms. The average molecular weight is 210 g/mol. The Morgan fingerprint density at radius 2 is 2.21 bits per heavy atom. The van der Waals surface area contributed by atoms with Crippen LogP contribution in [0, 0.1) is 0 Å². The van der Waals surface area contributed by atoms with Crippen LogP contribution in [0.2, 0.25) is 5.02 Å². The van der Waals surface area contributed by atoms with E-state index in [0.717, 1.165) is 21.6 Å². The van der Waals surface area contributed by atoms with Gasteiger partial charge in [0.1, 0.15) is 0 Å². The fourth-order valence-corrected chi connectivity index (χ4v) is 2.02. The lowest BCUT2D eigenvalue weighted by Gasteiger charge is -2.03. The lowest BCUT2D eigenvalue weighted by atomic mass is 10.2. The quantitative estimate of drug-likeness (QED) is 0.742. The molecule has 0 fully saturated rings. The first-order chi connectivity index (χ1) is 6.74. The Morgan fingerprint density at radius 1 is 1.43 bits per heavy atom. The summed E-state index contributed by atoms with van der Waals surface area (Å²) in [6, 6.07) is 8.02. The van der Waals surface area contributed by atoms with Crippen LogP contribution in [0.3, 0.4) is 0 Å². The van der Waals surface area contributed by atoms with Crippen LogP contribution in [0.25, 0.3) is 10.9 Å². The van der Waals surface area contributed by atoms with Crippen LogP contribution in [0.4, 0.5) is 0 Å². The normalized spacial score (nSPS) is 11.1. The van der Waals surface area contributed by atoms with Crippen molar-refractivity contribution in [2.75, 3.05) is 7.11 Å². The fourth-order valence-electron chi connectivity index (χ4n) is 1.71. The second kappa shape index (κ2) is 3.64. The van der Waals surface area contributed by atoms with Crippen LogP contribution in [-0.2, 0) is 18.4 Å². The Bertz CT molecular complexity index is 462. The van der Waals surface area contributed by atoms with Gasteiger partial charge in [0, 0.05) is 25.2 Å². The zero-order chi connectivity index (χ0) is 10.1. The van der Waals surface area contributed by atoms with Gasteiger partial charge in [0.2, 0.25) is 0 Å². The molecule has 0 amide bonds. The van der Waals surface area contributed by atoms with Crippen molar-refractivity contribution in [3.8, 4) is 0 Å². The molecule has 74 valence electrons. The summed E-state index contributed by atoms with van der Waals surface area (Å²) < 4.78 is 7.18. The zero-order valence-corrected chi connectivity index (χ0v) is 9.01. The Kier molecular flexibility index (Phi) is 2.48. The van der Waals surface area contributed by atoms with Gasteiger partial charge in [0.15, 0.2) is 0 Å².